The van der Waals surface area contributed by atoms with Gasteiger partial charge in [0.25, 0.3) is 0 Å². The Morgan fingerprint density at radius 2 is 2.10 bits per heavy atom. The van der Waals surface area contributed by atoms with Crippen LogP contribution in [0.25, 0.3) is 0 Å². The first-order chi connectivity index (χ1) is 10.2. The molecule has 0 unspecified atom stereocenters. The van der Waals surface area contributed by atoms with Crippen LogP contribution in [0.1, 0.15) is 31.2 Å². The van der Waals surface area contributed by atoms with Gasteiger partial charge in [-0.1, -0.05) is 12.1 Å². The molecule has 0 N–H and O–H groups in total. The number of likely N-dealkylation sites (tertiary alicyclic amines) is 1. The zero-order valence-electron chi connectivity index (χ0n) is 12.9. The van der Waals surface area contributed by atoms with E-state index in [0.29, 0.717) is 0 Å². The second kappa shape index (κ2) is 6.39. The molecule has 1 fully saturated rings. The minimum absolute atomic E-state index is 0.851. The second-order valence-electron chi connectivity index (χ2n) is 6.18. The maximum atomic E-state index is 4.30. The van der Waals surface area contributed by atoms with E-state index in [-0.39, 0.29) is 0 Å². The topological polar surface area (TPSA) is 51.8 Å². The number of rotatable bonds is 5. The Labute approximate surface area is 125 Å². The van der Waals surface area contributed by atoms with Gasteiger partial charge in [-0.15, -0.1) is 5.10 Å². The summed E-state index contributed by atoms with van der Waals surface area (Å²) < 4.78 is 3.99. The van der Waals surface area contributed by atoms with Crippen LogP contribution in [0.15, 0.2) is 18.7 Å². The minimum atomic E-state index is 0.851. The molecule has 0 saturated carbocycles. The van der Waals surface area contributed by atoms with Crippen LogP contribution in [0.4, 0.5) is 0 Å². The lowest BCUT2D eigenvalue weighted by molar-refractivity contribution is 0.183. The predicted octanol–water partition coefficient (Wildman–Crippen LogP) is 1.49. The van der Waals surface area contributed by atoms with Crippen molar-refractivity contribution in [3.63, 3.8) is 0 Å². The van der Waals surface area contributed by atoms with E-state index >= 15 is 0 Å². The molecule has 0 atom stereocenters. The minimum Gasteiger partial charge on any atom is -0.338 e. The molecule has 21 heavy (non-hydrogen) atoms. The zero-order valence-corrected chi connectivity index (χ0v) is 12.9. The third-order valence-corrected chi connectivity index (χ3v) is 4.36. The van der Waals surface area contributed by atoms with Crippen LogP contribution in [0, 0.1) is 5.92 Å². The first-order valence-corrected chi connectivity index (χ1v) is 7.77. The van der Waals surface area contributed by atoms with Gasteiger partial charge >= 0.3 is 0 Å². The fourth-order valence-electron chi connectivity index (χ4n) is 2.82. The zero-order chi connectivity index (χ0) is 14.7. The fourth-order valence-corrected chi connectivity index (χ4v) is 2.82. The molecular weight excluding hydrogens is 264 g/mol. The summed E-state index contributed by atoms with van der Waals surface area (Å²) >= 11 is 0. The van der Waals surface area contributed by atoms with Crippen LogP contribution in [-0.2, 0) is 26.6 Å². The van der Waals surface area contributed by atoms with Gasteiger partial charge in [-0.25, -0.2) is 4.98 Å². The highest BCUT2D eigenvalue weighted by atomic mass is 15.4. The van der Waals surface area contributed by atoms with Gasteiger partial charge in [-0.05, 0) is 31.8 Å². The molecule has 6 heteroatoms. The Kier molecular flexibility index (Phi) is 4.34. The first-order valence-electron chi connectivity index (χ1n) is 7.77. The summed E-state index contributed by atoms with van der Waals surface area (Å²) in [5.41, 5.74) is 2.30. The number of aromatic nitrogens is 5. The Bertz CT molecular complexity index is 564. The lowest BCUT2D eigenvalue weighted by Gasteiger charge is -2.29. The van der Waals surface area contributed by atoms with Crippen LogP contribution < -0.4 is 0 Å². The maximum Gasteiger partial charge on any atom is 0.0967 e. The van der Waals surface area contributed by atoms with E-state index in [0.717, 1.165) is 31.1 Å². The third kappa shape index (κ3) is 3.69. The number of hydrogen-bond acceptors (Lipinski definition) is 4. The van der Waals surface area contributed by atoms with Crippen LogP contribution in [0.3, 0.4) is 0 Å². The molecule has 2 aromatic heterocycles. The van der Waals surface area contributed by atoms with Crippen molar-refractivity contribution < 1.29 is 0 Å². The third-order valence-electron chi connectivity index (χ3n) is 4.36. The summed E-state index contributed by atoms with van der Waals surface area (Å²) in [6.07, 6.45) is 9.35. The summed E-state index contributed by atoms with van der Waals surface area (Å²) in [7, 11) is 2.02. The standard InChI is InChI=1S/C15H24N6/c1-13-3-6-20(7-4-13)10-14-11-21(18-17-14)8-5-15-9-16-12-19(15)2/h9,11-13H,3-8,10H2,1-2H3. The van der Waals surface area contributed by atoms with Gasteiger partial charge < -0.3 is 4.57 Å². The summed E-state index contributed by atoms with van der Waals surface area (Å²) in [4.78, 5) is 6.62. The van der Waals surface area contributed by atoms with E-state index in [2.05, 4.69) is 33.3 Å². The average molecular weight is 288 g/mol. The smallest absolute Gasteiger partial charge is 0.0967 e. The van der Waals surface area contributed by atoms with Crippen molar-refractivity contribution >= 4 is 0 Å². The van der Waals surface area contributed by atoms with Gasteiger partial charge in [-0.2, -0.15) is 0 Å². The normalized spacial score (nSPS) is 17.4. The number of nitrogens with zero attached hydrogens (tertiary/aromatic N) is 6. The van der Waals surface area contributed by atoms with Gasteiger partial charge in [0, 0.05) is 44.6 Å². The van der Waals surface area contributed by atoms with Crippen LogP contribution in [0.5, 0.6) is 0 Å². The monoisotopic (exact) mass is 288 g/mol. The average Bonchev–Trinajstić information content (AvgIpc) is 3.08. The molecule has 1 saturated heterocycles. The van der Waals surface area contributed by atoms with Crippen molar-refractivity contribution in [2.24, 2.45) is 13.0 Å². The van der Waals surface area contributed by atoms with E-state index in [1.165, 1.54) is 31.6 Å². The van der Waals surface area contributed by atoms with Crippen LogP contribution in [0.2, 0.25) is 0 Å². The Morgan fingerprint density at radius 1 is 1.29 bits per heavy atom. The number of piperidine rings is 1. The van der Waals surface area contributed by atoms with E-state index in [9.17, 15) is 0 Å². The molecule has 0 aromatic carbocycles. The molecule has 1 aliphatic rings. The SMILES string of the molecule is CC1CCN(Cc2cn(CCc3cncn3C)nn2)CC1. The molecule has 114 valence electrons. The summed E-state index contributed by atoms with van der Waals surface area (Å²) in [6.45, 7) is 6.49. The quantitative estimate of drug-likeness (QED) is 0.836. The molecule has 3 rings (SSSR count). The fraction of sp³-hybridized carbons (Fsp3) is 0.667. The van der Waals surface area contributed by atoms with Gasteiger partial charge in [0.2, 0.25) is 0 Å². The van der Waals surface area contributed by atoms with Gasteiger partial charge in [-0.3, -0.25) is 9.58 Å². The van der Waals surface area contributed by atoms with Crippen LogP contribution in [-0.4, -0.2) is 42.5 Å². The highest BCUT2D eigenvalue weighted by Crippen LogP contribution is 2.17. The number of imidazole rings is 1. The molecule has 6 nitrogen and oxygen atoms in total. The van der Waals surface area contributed by atoms with E-state index in [1.54, 1.807) is 0 Å². The summed E-state index contributed by atoms with van der Waals surface area (Å²) in [5.74, 6) is 0.871. The molecular formula is C15H24N6. The lowest BCUT2D eigenvalue weighted by atomic mass is 9.99. The largest absolute Gasteiger partial charge is 0.338 e. The molecule has 1 aliphatic heterocycles. The van der Waals surface area contributed by atoms with E-state index < -0.39 is 0 Å². The predicted molar refractivity (Wildman–Crippen MR) is 80.6 cm³/mol. The van der Waals surface area contributed by atoms with Crippen molar-refractivity contribution in [1.82, 2.24) is 29.4 Å². The van der Waals surface area contributed by atoms with Gasteiger partial charge in [0.1, 0.15) is 0 Å². The Balaban J connectivity index is 1.50. The molecule has 2 aromatic rings. The lowest BCUT2D eigenvalue weighted by Crippen LogP contribution is -2.32. The van der Waals surface area contributed by atoms with Crippen molar-refractivity contribution in [2.45, 2.75) is 39.3 Å². The molecule has 0 bridgehead atoms. The number of aryl methyl sites for hydroxylation is 3. The van der Waals surface area contributed by atoms with E-state index in [4.69, 9.17) is 0 Å². The molecule has 0 radical (unpaired) electrons. The Morgan fingerprint density at radius 3 is 2.81 bits per heavy atom. The maximum absolute atomic E-state index is 4.30. The second-order valence-corrected chi connectivity index (χ2v) is 6.18. The molecule has 0 amide bonds. The van der Waals surface area contributed by atoms with Crippen molar-refractivity contribution in [3.05, 3.63) is 30.1 Å². The van der Waals surface area contributed by atoms with Gasteiger partial charge in [0.05, 0.1) is 12.0 Å². The van der Waals surface area contributed by atoms with Crippen molar-refractivity contribution in [3.8, 4) is 0 Å². The van der Waals surface area contributed by atoms with Crippen molar-refractivity contribution in [2.75, 3.05) is 13.1 Å². The van der Waals surface area contributed by atoms with E-state index in [1.807, 2.05) is 28.8 Å². The Hall–Kier alpha value is -1.69. The van der Waals surface area contributed by atoms with Gasteiger partial charge in [0.15, 0.2) is 0 Å². The first kappa shape index (κ1) is 14.3. The summed E-state index contributed by atoms with van der Waals surface area (Å²) in [6, 6.07) is 0. The highest BCUT2D eigenvalue weighted by Gasteiger charge is 2.16. The molecule has 0 spiro atoms. The molecule has 0 aliphatic carbocycles. The summed E-state index contributed by atoms with van der Waals surface area (Å²) in [5, 5.41) is 8.54. The molecule has 3 heterocycles. The number of hydrogen-bond donors (Lipinski definition) is 0. The highest BCUT2D eigenvalue weighted by molar-refractivity contribution is 4.98. The van der Waals surface area contributed by atoms with Crippen molar-refractivity contribution in [1.29, 1.82) is 0 Å². The van der Waals surface area contributed by atoms with Crippen LogP contribution >= 0.6 is 0 Å².